The van der Waals surface area contributed by atoms with Gasteiger partial charge in [-0.25, -0.2) is 0 Å². The second kappa shape index (κ2) is 8.94. The summed E-state index contributed by atoms with van der Waals surface area (Å²) in [7, 11) is 0. The lowest BCUT2D eigenvalue weighted by Gasteiger charge is -2.02. The Morgan fingerprint density at radius 1 is 0.812 bits per heavy atom. The number of thiocarbonyl (C=S) groups is 1. The van der Waals surface area contributed by atoms with E-state index in [4.69, 9.17) is 21.1 Å². The zero-order valence-electron chi connectivity index (χ0n) is 17.2. The standard InChI is InChI=1S/C23H18N4O4S/c1-13-3-5-19-17(7-13)21(28)15(11-30-19)9-24-26-23(32)27-25-10-16-12-31-20-6-4-14(2)8-18(20)22(16)29/h3-12H,1-2H3,(H2,26,27,32)/b24-9+,25-10+. The number of rotatable bonds is 4. The van der Waals surface area contributed by atoms with Crippen molar-refractivity contribution >= 4 is 51.7 Å². The summed E-state index contributed by atoms with van der Waals surface area (Å²) in [6.07, 6.45) is 5.29. The normalized spacial score (nSPS) is 11.6. The second-order valence-corrected chi connectivity index (χ2v) is 7.52. The summed E-state index contributed by atoms with van der Waals surface area (Å²) >= 11 is 5.09. The van der Waals surface area contributed by atoms with Gasteiger partial charge in [0.15, 0.2) is 0 Å². The summed E-state index contributed by atoms with van der Waals surface area (Å²) in [5.41, 5.74) is 8.16. The summed E-state index contributed by atoms with van der Waals surface area (Å²) < 4.78 is 10.9. The third kappa shape index (κ3) is 4.47. The smallest absolute Gasteiger partial charge is 0.207 e. The molecule has 8 nitrogen and oxygen atoms in total. The highest BCUT2D eigenvalue weighted by atomic mass is 32.1. The molecule has 32 heavy (non-hydrogen) atoms. The van der Waals surface area contributed by atoms with Gasteiger partial charge in [0.1, 0.15) is 23.7 Å². The van der Waals surface area contributed by atoms with Gasteiger partial charge in [0.25, 0.3) is 0 Å². The van der Waals surface area contributed by atoms with Crippen molar-refractivity contribution < 1.29 is 8.83 Å². The fourth-order valence-electron chi connectivity index (χ4n) is 3.04. The Morgan fingerprint density at radius 3 is 1.69 bits per heavy atom. The first-order valence-electron chi connectivity index (χ1n) is 9.59. The van der Waals surface area contributed by atoms with E-state index in [0.717, 1.165) is 11.1 Å². The average molecular weight is 446 g/mol. The number of hydrazone groups is 2. The predicted molar refractivity (Wildman–Crippen MR) is 128 cm³/mol. The molecular formula is C23H18N4O4S. The number of nitrogens with zero attached hydrogens (tertiary/aromatic N) is 2. The van der Waals surface area contributed by atoms with Crippen molar-refractivity contribution in [3.63, 3.8) is 0 Å². The molecule has 0 fully saturated rings. The van der Waals surface area contributed by atoms with Gasteiger partial charge in [0, 0.05) is 0 Å². The van der Waals surface area contributed by atoms with Gasteiger partial charge in [-0.15, -0.1) is 0 Å². The van der Waals surface area contributed by atoms with Gasteiger partial charge in [-0.05, 0) is 50.3 Å². The summed E-state index contributed by atoms with van der Waals surface area (Å²) in [5, 5.41) is 8.89. The van der Waals surface area contributed by atoms with Crippen LogP contribution in [0.3, 0.4) is 0 Å². The van der Waals surface area contributed by atoms with Gasteiger partial charge >= 0.3 is 0 Å². The molecule has 4 rings (SSSR count). The van der Waals surface area contributed by atoms with E-state index in [1.54, 1.807) is 24.3 Å². The minimum absolute atomic E-state index is 0.0690. The molecule has 0 saturated carbocycles. The van der Waals surface area contributed by atoms with Crippen LogP contribution >= 0.6 is 12.2 Å². The van der Waals surface area contributed by atoms with Gasteiger partial charge in [-0.3, -0.25) is 20.4 Å². The Bertz CT molecular complexity index is 1410. The fraction of sp³-hybridized carbons (Fsp3) is 0.0870. The zero-order chi connectivity index (χ0) is 22.7. The van der Waals surface area contributed by atoms with E-state index in [9.17, 15) is 9.59 Å². The highest BCUT2D eigenvalue weighted by Crippen LogP contribution is 2.13. The number of benzene rings is 2. The first-order chi connectivity index (χ1) is 15.4. The van der Waals surface area contributed by atoms with Crippen LogP contribution in [0.5, 0.6) is 0 Å². The van der Waals surface area contributed by atoms with Gasteiger partial charge in [0.05, 0.1) is 34.3 Å². The molecule has 0 amide bonds. The van der Waals surface area contributed by atoms with Crippen LogP contribution < -0.4 is 21.7 Å². The van der Waals surface area contributed by atoms with E-state index in [2.05, 4.69) is 21.1 Å². The molecule has 0 unspecified atom stereocenters. The molecule has 2 N–H and O–H groups in total. The maximum Gasteiger partial charge on any atom is 0.207 e. The third-order valence-electron chi connectivity index (χ3n) is 4.65. The quantitative estimate of drug-likeness (QED) is 0.281. The van der Waals surface area contributed by atoms with Crippen LogP contribution in [0.2, 0.25) is 0 Å². The number of hydrogen-bond acceptors (Lipinski definition) is 7. The van der Waals surface area contributed by atoms with Gasteiger partial charge < -0.3 is 8.83 Å². The van der Waals surface area contributed by atoms with Crippen molar-refractivity contribution in [2.75, 3.05) is 0 Å². The number of aryl methyl sites for hydroxylation is 2. The van der Waals surface area contributed by atoms with Crippen molar-refractivity contribution in [2.24, 2.45) is 10.2 Å². The number of fused-ring (bicyclic) bond motifs is 2. The molecule has 0 aliphatic rings. The van der Waals surface area contributed by atoms with Crippen molar-refractivity contribution in [3.05, 3.63) is 91.6 Å². The van der Waals surface area contributed by atoms with E-state index in [0.29, 0.717) is 21.9 Å². The Hall–Kier alpha value is -4.11. The van der Waals surface area contributed by atoms with E-state index in [-0.39, 0.29) is 27.1 Å². The molecule has 4 aromatic rings. The zero-order valence-corrected chi connectivity index (χ0v) is 18.0. The Labute approximate surface area is 187 Å². The third-order valence-corrected chi connectivity index (χ3v) is 4.83. The SMILES string of the molecule is Cc1ccc2occ(/C=N/NC(=S)N/N=C/c3coc4ccc(C)cc4c3=O)c(=O)c2c1. The first-order valence-corrected chi connectivity index (χ1v) is 9.99. The predicted octanol–water partition coefficient (Wildman–Crippen LogP) is 3.35. The van der Waals surface area contributed by atoms with E-state index in [1.807, 2.05) is 26.0 Å². The number of nitrogens with one attached hydrogen (secondary N) is 2. The second-order valence-electron chi connectivity index (χ2n) is 7.11. The van der Waals surface area contributed by atoms with E-state index < -0.39 is 0 Å². The highest BCUT2D eigenvalue weighted by molar-refractivity contribution is 7.80. The molecule has 2 heterocycles. The van der Waals surface area contributed by atoms with E-state index in [1.165, 1.54) is 25.0 Å². The Morgan fingerprint density at radius 2 is 1.25 bits per heavy atom. The van der Waals surface area contributed by atoms with Gasteiger partial charge in [0.2, 0.25) is 16.0 Å². The molecule has 0 bridgehead atoms. The van der Waals surface area contributed by atoms with Crippen molar-refractivity contribution in [1.82, 2.24) is 10.9 Å². The lowest BCUT2D eigenvalue weighted by Crippen LogP contribution is -2.28. The minimum atomic E-state index is -0.198. The van der Waals surface area contributed by atoms with Crippen LogP contribution in [0.1, 0.15) is 22.3 Å². The molecule has 0 saturated heterocycles. The topological polar surface area (TPSA) is 109 Å². The van der Waals surface area contributed by atoms with Crippen molar-refractivity contribution in [2.45, 2.75) is 13.8 Å². The highest BCUT2D eigenvalue weighted by Gasteiger charge is 2.06. The molecule has 0 atom stereocenters. The fourth-order valence-corrected chi connectivity index (χ4v) is 3.15. The van der Waals surface area contributed by atoms with Gasteiger partial charge in [-0.2, -0.15) is 10.2 Å². The van der Waals surface area contributed by atoms with Crippen LogP contribution in [0.4, 0.5) is 0 Å². The molecule has 0 aliphatic carbocycles. The van der Waals surface area contributed by atoms with Crippen molar-refractivity contribution in [3.8, 4) is 0 Å². The first kappa shape index (κ1) is 21.1. The van der Waals surface area contributed by atoms with Crippen molar-refractivity contribution in [1.29, 1.82) is 0 Å². The monoisotopic (exact) mass is 446 g/mol. The van der Waals surface area contributed by atoms with E-state index >= 15 is 0 Å². The van der Waals surface area contributed by atoms with Crippen LogP contribution in [0.25, 0.3) is 21.9 Å². The van der Waals surface area contributed by atoms with Gasteiger partial charge in [-0.1, -0.05) is 23.3 Å². The summed E-state index contributed by atoms with van der Waals surface area (Å²) in [4.78, 5) is 25.1. The van der Waals surface area contributed by atoms with Crippen LogP contribution in [-0.4, -0.2) is 17.5 Å². The van der Waals surface area contributed by atoms with Crippen LogP contribution in [-0.2, 0) is 0 Å². The largest absolute Gasteiger partial charge is 0.463 e. The number of hydrogen-bond donors (Lipinski definition) is 2. The molecule has 2 aromatic heterocycles. The minimum Gasteiger partial charge on any atom is -0.463 e. The maximum atomic E-state index is 12.5. The lowest BCUT2D eigenvalue weighted by molar-refractivity contribution is 0.601. The molecule has 9 heteroatoms. The average Bonchev–Trinajstić information content (AvgIpc) is 2.77. The molecule has 160 valence electrons. The molecule has 0 radical (unpaired) electrons. The molecule has 2 aromatic carbocycles. The molecule has 0 aliphatic heterocycles. The van der Waals surface area contributed by atoms with Crippen LogP contribution in [0, 0.1) is 13.8 Å². The summed E-state index contributed by atoms with van der Waals surface area (Å²) in [5.74, 6) is 0. The Balaban J connectivity index is 1.42. The maximum absolute atomic E-state index is 12.5. The summed E-state index contributed by atoms with van der Waals surface area (Å²) in [6.45, 7) is 3.79. The molecule has 0 spiro atoms. The molecular weight excluding hydrogens is 428 g/mol. The van der Waals surface area contributed by atoms with Crippen LogP contribution in [0.15, 0.2) is 77.6 Å². The Kier molecular flexibility index (Phi) is 5.91. The lowest BCUT2D eigenvalue weighted by atomic mass is 10.1. The summed E-state index contributed by atoms with van der Waals surface area (Å²) in [6, 6.07) is 10.8.